The number of nitrogens with zero attached hydrogens (tertiary/aromatic N) is 1. The normalized spacial score (nSPS) is 26.1. The summed E-state index contributed by atoms with van der Waals surface area (Å²) in [5.41, 5.74) is -0.620. The molecule has 2 rings (SSSR count). The van der Waals surface area contributed by atoms with E-state index in [0.29, 0.717) is 12.3 Å². The summed E-state index contributed by atoms with van der Waals surface area (Å²) in [7, 11) is 0. The predicted molar refractivity (Wildman–Crippen MR) is 62.0 cm³/mol. The lowest BCUT2D eigenvalue weighted by molar-refractivity contribution is -0.0102. The van der Waals surface area contributed by atoms with Crippen molar-refractivity contribution in [3.8, 4) is 0 Å². The standard InChI is InChI=1S/C11H18N2OS/c1-11(14,7-10-13-5-6-15-10)9-3-2-4-12-8-9/h5-6,9,12,14H,2-4,7-8H2,1H3. The zero-order valence-corrected chi connectivity index (χ0v) is 9.89. The zero-order valence-electron chi connectivity index (χ0n) is 9.07. The lowest BCUT2D eigenvalue weighted by Crippen LogP contribution is -2.45. The van der Waals surface area contributed by atoms with Gasteiger partial charge in [-0.15, -0.1) is 11.3 Å². The fourth-order valence-electron chi connectivity index (χ4n) is 2.17. The summed E-state index contributed by atoms with van der Waals surface area (Å²) in [6, 6.07) is 0. The average Bonchev–Trinajstić information content (AvgIpc) is 2.71. The van der Waals surface area contributed by atoms with Gasteiger partial charge in [0.2, 0.25) is 0 Å². The van der Waals surface area contributed by atoms with E-state index in [0.717, 1.165) is 24.5 Å². The van der Waals surface area contributed by atoms with Crippen molar-refractivity contribution >= 4 is 11.3 Å². The smallest absolute Gasteiger partial charge is 0.0953 e. The summed E-state index contributed by atoms with van der Waals surface area (Å²) in [4.78, 5) is 4.23. The van der Waals surface area contributed by atoms with Crippen LogP contribution in [0, 0.1) is 5.92 Å². The van der Waals surface area contributed by atoms with Crippen LogP contribution in [0.4, 0.5) is 0 Å². The van der Waals surface area contributed by atoms with Crippen LogP contribution in [-0.2, 0) is 6.42 Å². The SMILES string of the molecule is CC(O)(Cc1nccs1)C1CCCNC1. The number of nitrogens with one attached hydrogen (secondary N) is 1. The zero-order chi connectivity index (χ0) is 10.7. The fourth-order valence-corrected chi connectivity index (χ4v) is 2.95. The summed E-state index contributed by atoms with van der Waals surface area (Å²) in [5, 5.41) is 16.8. The van der Waals surface area contributed by atoms with Crippen LogP contribution in [0.1, 0.15) is 24.8 Å². The van der Waals surface area contributed by atoms with Crippen molar-refractivity contribution < 1.29 is 5.11 Å². The molecule has 0 radical (unpaired) electrons. The molecule has 2 atom stereocenters. The minimum Gasteiger partial charge on any atom is -0.389 e. The Labute approximate surface area is 94.5 Å². The topological polar surface area (TPSA) is 45.2 Å². The Morgan fingerprint density at radius 2 is 2.60 bits per heavy atom. The number of rotatable bonds is 3. The van der Waals surface area contributed by atoms with Gasteiger partial charge in [0.15, 0.2) is 0 Å². The highest BCUT2D eigenvalue weighted by Gasteiger charge is 2.33. The van der Waals surface area contributed by atoms with Crippen molar-refractivity contribution in [3.63, 3.8) is 0 Å². The molecule has 0 amide bonds. The van der Waals surface area contributed by atoms with Crippen LogP contribution >= 0.6 is 11.3 Å². The van der Waals surface area contributed by atoms with E-state index in [4.69, 9.17) is 0 Å². The van der Waals surface area contributed by atoms with E-state index in [1.54, 1.807) is 17.5 Å². The second kappa shape index (κ2) is 4.60. The summed E-state index contributed by atoms with van der Waals surface area (Å²) in [5.74, 6) is 0.357. The quantitative estimate of drug-likeness (QED) is 0.819. The van der Waals surface area contributed by atoms with E-state index in [-0.39, 0.29) is 0 Å². The van der Waals surface area contributed by atoms with Crippen LogP contribution in [0.15, 0.2) is 11.6 Å². The second-order valence-corrected chi connectivity index (χ2v) is 5.48. The van der Waals surface area contributed by atoms with Gasteiger partial charge in [0.05, 0.1) is 10.6 Å². The molecule has 15 heavy (non-hydrogen) atoms. The molecule has 4 heteroatoms. The van der Waals surface area contributed by atoms with Crippen LogP contribution in [0.5, 0.6) is 0 Å². The predicted octanol–water partition coefficient (Wildman–Crippen LogP) is 1.44. The number of hydrogen-bond acceptors (Lipinski definition) is 4. The van der Waals surface area contributed by atoms with Crippen molar-refractivity contribution in [3.05, 3.63) is 16.6 Å². The molecule has 0 saturated carbocycles. The largest absolute Gasteiger partial charge is 0.389 e. The summed E-state index contributed by atoms with van der Waals surface area (Å²) in [6.45, 7) is 3.95. The molecular formula is C11H18N2OS. The van der Waals surface area contributed by atoms with Crippen molar-refractivity contribution in [1.29, 1.82) is 0 Å². The highest BCUT2D eigenvalue weighted by atomic mass is 32.1. The average molecular weight is 226 g/mol. The van der Waals surface area contributed by atoms with Crippen LogP contribution in [0.2, 0.25) is 0 Å². The second-order valence-electron chi connectivity index (χ2n) is 4.50. The molecule has 1 aromatic rings. The molecule has 1 aliphatic heterocycles. The Bertz CT molecular complexity index is 292. The molecule has 1 fully saturated rings. The lowest BCUT2D eigenvalue weighted by Gasteiger charge is -2.35. The highest BCUT2D eigenvalue weighted by molar-refractivity contribution is 7.09. The van der Waals surface area contributed by atoms with E-state index in [2.05, 4.69) is 10.3 Å². The first kappa shape index (κ1) is 11.0. The molecule has 2 heterocycles. The van der Waals surface area contributed by atoms with Crippen molar-refractivity contribution in [2.45, 2.75) is 31.8 Å². The molecule has 1 saturated heterocycles. The minimum atomic E-state index is -0.620. The molecule has 0 aliphatic carbocycles. The first-order chi connectivity index (χ1) is 7.18. The van der Waals surface area contributed by atoms with E-state index < -0.39 is 5.60 Å². The van der Waals surface area contributed by atoms with E-state index >= 15 is 0 Å². The molecule has 1 aliphatic rings. The van der Waals surface area contributed by atoms with Gasteiger partial charge in [-0.05, 0) is 26.3 Å². The van der Waals surface area contributed by atoms with E-state index in [1.165, 1.54) is 6.42 Å². The number of aliphatic hydroxyl groups is 1. The molecule has 0 aromatic carbocycles. The van der Waals surface area contributed by atoms with Gasteiger partial charge in [-0.3, -0.25) is 0 Å². The Balaban J connectivity index is 1.98. The van der Waals surface area contributed by atoms with Crippen molar-refractivity contribution in [2.75, 3.05) is 13.1 Å². The molecule has 0 bridgehead atoms. The number of hydrogen-bond donors (Lipinski definition) is 2. The maximum absolute atomic E-state index is 10.4. The number of aromatic nitrogens is 1. The third-order valence-electron chi connectivity index (χ3n) is 3.17. The van der Waals surface area contributed by atoms with Gasteiger partial charge in [0, 0.05) is 30.5 Å². The molecular weight excluding hydrogens is 208 g/mol. The van der Waals surface area contributed by atoms with E-state index in [1.807, 2.05) is 12.3 Å². The minimum absolute atomic E-state index is 0.357. The molecule has 3 nitrogen and oxygen atoms in total. The summed E-state index contributed by atoms with van der Waals surface area (Å²) in [6.07, 6.45) is 4.76. The van der Waals surface area contributed by atoms with Crippen LogP contribution in [-0.4, -0.2) is 28.8 Å². The maximum atomic E-state index is 10.4. The van der Waals surface area contributed by atoms with Crippen molar-refractivity contribution in [1.82, 2.24) is 10.3 Å². The Kier molecular flexibility index (Phi) is 3.38. The lowest BCUT2D eigenvalue weighted by atomic mass is 9.81. The van der Waals surface area contributed by atoms with Gasteiger partial charge in [0.1, 0.15) is 0 Å². The summed E-state index contributed by atoms with van der Waals surface area (Å²) >= 11 is 1.62. The van der Waals surface area contributed by atoms with Crippen molar-refractivity contribution in [2.24, 2.45) is 5.92 Å². The van der Waals surface area contributed by atoms with Gasteiger partial charge in [-0.2, -0.15) is 0 Å². The van der Waals surface area contributed by atoms with E-state index in [9.17, 15) is 5.11 Å². The van der Waals surface area contributed by atoms with Gasteiger partial charge in [0.25, 0.3) is 0 Å². The first-order valence-electron chi connectivity index (χ1n) is 5.50. The first-order valence-corrected chi connectivity index (χ1v) is 6.38. The number of thiazole rings is 1. The Morgan fingerprint density at radius 1 is 1.73 bits per heavy atom. The van der Waals surface area contributed by atoms with Gasteiger partial charge in [-0.1, -0.05) is 0 Å². The Hall–Kier alpha value is -0.450. The molecule has 2 unspecified atom stereocenters. The molecule has 2 N–H and O–H groups in total. The molecule has 84 valence electrons. The van der Waals surface area contributed by atoms with Crippen LogP contribution < -0.4 is 5.32 Å². The molecule has 1 aromatic heterocycles. The highest BCUT2D eigenvalue weighted by Crippen LogP contribution is 2.27. The van der Waals surface area contributed by atoms with Crippen LogP contribution in [0.3, 0.4) is 0 Å². The third kappa shape index (κ3) is 2.77. The maximum Gasteiger partial charge on any atom is 0.0953 e. The Morgan fingerprint density at radius 3 is 3.20 bits per heavy atom. The van der Waals surface area contributed by atoms with Gasteiger partial charge in [-0.25, -0.2) is 4.98 Å². The summed E-state index contributed by atoms with van der Waals surface area (Å²) < 4.78 is 0. The van der Waals surface area contributed by atoms with Gasteiger partial charge < -0.3 is 10.4 Å². The van der Waals surface area contributed by atoms with Crippen LogP contribution in [0.25, 0.3) is 0 Å². The molecule has 0 spiro atoms. The monoisotopic (exact) mass is 226 g/mol. The fraction of sp³-hybridized carbons (Fsp3) is 0.727. The number of piperidine rings is 1. The van der Waals surface area contributed by atoms with Gasteiger partial charge >= 0.3 is 0 Å². The third-order valence-corrected chi connectivity index (χ3v) is 3.95.